The molecule has 0 unspecified atom stereocenters. The van der Waals surface area contributed by atoms with Gasteiger partial charge in [0.25, 0.3) is 0 Å². The van der Waals surface area contributed by atoms with Crippen molar-refractivity contribution in [3.63, 3.8) is 0 Å². The first-order chi connectivity index (χ1) is 11.6. The fraction of sp³-hybridized carbons (Fsp3) is 0.263. The normalized spacial score (nSPS) is 15.2. The summed E-state index contributed by atoms with van der Waals surface area (Å²) in [7, 11) is 0. The van der Waals surface area contributed by atoms with Crippen molar-refractivity contribution in [2.75, 3.05) is 16.8 Å². The van der Waals surface area contributed by atoms with Crippen molar-refractivity contribution < 1.29 is 4.79 Å². The first-order valence-electron chi connectivity index (χ1n) is 8.16. The van der Waals surface area contributed by atoms with Crippen LogP contribution in [-0.4, -0.2) is 17.6 Å². The highest BCUT2D eigenvalue weighted by Crippen LogP contribution is 2.24. The molecule has 1 fully saturated rings. The number of thiocarbonyl (C=S) groups is 1. The molecule has 5 heteroatoms. The maximum atomic E-state index is 11.9. The molecule has 1 heterocycles. The molecule has 1 amide bonds. The molecule has 0 saturated carbocycles. The van der Waals surface area contributed by atoms with Gasteiger partial charge >= 0.3 is 0 Å². The molecule has 0 radical (unpaired) electrons. The number of nitrogens with zero attached hydrogens (tertiary/aromatic N) is 1. The van der Waals surface area contributed by atoms with Crippen LogP contribution in [0.1, 0.15) is 31.4 Å². The van der Waals surface area contributed by atoms with Crippen molar-refractivity contribution in [3.8, 4) is 0 Å². The van der Waals surface area contributed by atoms with Crippen LogP contribution in [0.25, 0.3) is 0 Å². The largest absolute Gasteiger partial charge is 0.356 e. The quantitative estimate of drug-likeness (QED) is 0.830. The summed E-state index contributed by atoms with van der Waals surface area (Å²) < 4.78 is 0. The van der Waals surface area contributed by atoms with Crippen molar-refractivity contribution in [3.05, 3.63) is 60.2 Å². The average molecular weight is 339 g/mol. The third-order valence-electron chi connectivity index (χ3n) is 4.14. The van der Waals surface area contributed by atoms with Crippen LogP contribution in [-0.2, 0) is 4.79 Å². The lowest BCUT2D eigenvalue weighted by atomic mass is 10.1. The molecule has 0 bridgehead atoms. The summed E-state index contributed by atoms with van der Waals surface area (Å²) in [4.78, 5) is 13.7. The van der Waals surface area contributed by atoms with Gasteiger partial charge in [-0.05, 0) is 49.3 Å². The van der Waals surface area contributed by atoms with Crippen LogP contribution in [0.5, 0.6) is 0 Å². The van der Waals surface area contributed by atoms with E-state index < -0.39 is 0 Å². The fourth-order valence-electron chi connectivity index (χ4n) is 2.86. The molecule has 1 atom stereocenters. The Hall–Kier alpha value is -2.40. The molecule has 1 saturated heterocycles. The predicted octanol–water partition coefficient (Wildman–Crippen LogP) is 3.86. The van der Waals surface area contributed by atoms with Crippen LogP contribution in [0.2, 0.25) is 0 Å². The van der Waals surface area contributed by atoms with Gasteiger partial charge in [-0.25, -0.2) is 0 Å². The minimum atomic E-state index is 0.120. The van der Waals surface area contributed by atoms with E-state index in [0.29, 0.717) is 11.5 Å². The van der Waals surface area contributed by atoms with E-state index in [4.69, 9.17) is 12.2 Å². The van der Waals surface area contributed by atoms with E-state index in [-0.39, 0.29) is 11.9 Å². The van der Waals surface area contributed by atoms with E-state index in [2.05, 4.69) is 29.7 Å². The second-order valence-electron chi connectivity index (χ2n) is 5.93. The number of anilines is 2. The lowest BCUT2D eigenvalue weighted by Gasteiger charge is -2.19. The SMILES string of the molecule is C[C@@H](NC(=S)Nc1cccc(N2CCCC2=O)c1)c1ccccc1. The van der Waals surface area contributed by atoms with Crippen LogP contribution in [0.3, 0.4) is 0 Å². The van der Waals surface area contributed by atoms with Gasteiger partial charge in [-0.2, -0.15) is 0 Å². The number of nitrogens with one attached hydrogen (secondary N) is 2. The van der Waals surface area contributed by atoms with Crippen molar-refractivity contribution in [1.29, 1.82) is 0 Å². The predicted molar refractivity (Wildman–Crippen MR) is 102 cm³/mol. The number of carbonyl (C=O) groups excluding carboxylic acids is 1. The molecule has 124 valence electrons. The van der Waals surface area contributed by atoms with E-state index in [1.165, 1.54) is 5.56 Å². The second-order valence-corrected chi connectivity index (χ2v) is 6.34. The first kappa shape index (κ1) is 16.5. The summed E-state index contributed by atoms with van der Waals surface area (Å²) >= 11 is 5.41. The Morgan fingerprint density at radius 2 is 1.96 bits per heavy atom. The van der Waals surface area contributed by atoms with E-state index in [1.807, 2.05) is 47.4 Å². The Morgan fingerprint density at radius 1 is 1.17 bits per heavy atom. The first-order valence-corrected chi connectivity index (χ1v) is 8.57. The zero-order valence-corrected chi connectivity index (χ0v) is 14.5. The Balaban J connectivity index is 1.63. The maximum absolute atomic E-state index is 11.9. The molecule has 4 nitrogen and oxygen atoms in total. The van der Waals surface area contributed by atoms with Gasteiger partial charge in [-0.15, -0.1) is 0 Å². The zero-order chi connectivity index (χ0) is 16.9. The number of rotatable bonds is 4. The second kappa shape index (κ2) is 7.45. The molecule has 2 aromatic rings. The van der Waals surface area contributed by atoms with Crippen LogP contribution in [0, 0.1) is 0 Å². The van der Waals surface area contributed by atoms with Crippen LogP contribution in [0.15, 0.2) is 54.6 Å². The van der Waals surface area contributed by atoms with Gasteiger partial charge < -0.3 is 15.5 Å². The summed E-state index contributed by atoms with van der Waals surface area (Å²) in [5.74, 6) is 0.186. The van der Waals surface area contributed by atoms with Crippen molar-refractivity contribution in [2.45, 2.75) is 25.8 Å². The molecule has 1 aliphatic rings. The van der Waals surface area contributed by atoms with E-state index >= 15 is 0 Å². The summed E-state index contributed by atoms with van der Waals surface area (Å²) in [5.41, 5.74) is 2.98. The van der Waals surface area contributed by atoms with Crippen LogP contribution < -0.4 is 15.5 Å². The van der Waals surface area contributed by atoms with Gasteiger partial charge in [-0.3, -0.25) is 4.79 Å². The van der Waals surface area contributed by atoms with Gasteiger partial charge in [0.2, 0.25) is 5.91 Å². The van der Waals surface area contributed by atoms with Gasteiger partial charge in [0.05, 0.1) is 6.04 Å². The fourth-order valence-corrected chi connectivity index (χ4v) is 3.16. The zero-order valence-electron chi connectivity index (χ0n) is 13.7. The van der Waals surface area contributed by atoms with E-state index in [0.717, 1.165) is 24.3 Å². The Labute approximate surface area is 147 Å². The van der Waals surface area contributed by atoms with Crippen molar-refractivity contribution in [2.24, 2.45) is 0 Å². The summed E-state index contributed by atoms with van der Waals surface area (Å²) in [6, 6.07) is 18.1. The van der Waals surface area contributed by atoms with Crippen molar-refractivity contribution >= 4 is 34.6 Å². The van der Waals surface area contributed by atoms with E-state index in [9.17, 15) is 4.79 Å². The monoisotopic (exact) mass is 339 g/mol. The molecular weight excluding hydrogens is 318 g/mol. The van der Waals surface area contributed by atoms with Gasteiger partial charge in [0.15, 0.2) is 5.11 Å². The number of hydrogen-bond acceptors (Lipinski definition) is 2. The minimum absolute atomic E-state index is 0.120. The summed E-state index contributed by atoms with van der Waals surface area (Å²) in [5, 5.41) is 7.05. The van der Waals surface area contributed by atoms with Crippen LogP contribution >= 0.6 is 12.2 Å². The highest BCUT2D eigenvalue weighted by Gasteiger charge is 2.21. The molecule has 2 N–H and O–H groups in total. The summed E-state index contributed by atoms with van der Waals surface area (Å²) in [6.07, 6.45) is 1.55. The standard InChI is InChI=1S/C19H21N3OS/c1-14(15-7-3-2-4-8-15)20-19(24)21-16-9-5-10-17(13-16)22-12-6-11-18(22)23/h2-5,7-10,13-14H,6,11-12H2,1H3,(H2,20,21,24)/t14-/m1/s1. The highest BCUT2D eigenvalue weighted by atomic mass is 32.1. The molecule has 24 heavy (non-hydrogen) atoms. The smallest absolute Gasteiger partial charge is 0.227 e. The van der Waals surface area contributed by atoms with Gasteiger partial charge in [-0.1, -0.05) is 36.4 Å². The summed E-state index contributed by atoms with van der Waals surface area (Å²) in [6.45, 7) is 2.86. The lowest BCUT2D eigenvalue weighted by molar-refractivity contribution is -0.117. The molecule has 0 aromatic heterocycles. The van der Waals surface area contributed by atoms with Crippen molar-refractivity contribution in [1.82, 2.24) is 5.32 Å². The number of amides is 1. The van der Waals surface area contributed by atoms with Gasteiger partial charge in [0, 0.05) is 24.3 Å². The lowest BCUT2D eigenvalue weighted by Crippen LogP contribution is -2.31. The van der Waals surface area contributed by atoms with E-state index in [1.54, 1.807) is 0 Å². The molecule has 3 rings (SSSR count). The van der Waals surface area contributed by atoms with Gasteiger partial charge in [0.1, 0.15) is 0 Å². The molecule has 1 aliphatic heterocycles. The van der Waals surface area contributed by atoms with Crippen LogP contribution in [0.4, 0.5) is 11.4 Å². The molecule has 0 spiro atoms. The Morgan fingerprint density at radius 3 is 2.67 bits per heavy atom. The molecule has 0 aliphatic carbocycles. The Bertz CT molecular complexity index is 732. The maximum Gasteiger partial charge on any atom is 0.227 e. The number of benzene rings is 2. The Kier molecular flexibility index (Phi) is 5.11. The third kappa shape index (κ3) is 3.92. The average Bonchev–Trinajstić information content (AvgIpc) is 3.02. The minimum Gasteiger partial charge on any atom is -0.356 e. The molecular formula is C19H21N3OS. The highest BCUT2D eigenvalue weighted by molar-refractivity contribution is 7.80. The number of hydrogen-bond donors (Lipinski definition) is 2. The third-order valence-corrected chi connectivity index (χ3v) is 4.36. The number of carbonyl (C=O) groups is 1. The molecule has 2 aromatic carbocycles. The topological polar surface area (TPSA) is 44.4 Å².